The number of fused-ring (bicyclic) bond motifs is 1. The van der Waals surface area contributed by atoms with Crippen LogP contribution in [0.2, 0.25) is 0 Å². The van der Waals surface area contributed by atoms with Gasteiger partial charge in [0, 0.05) is 37.1 Å². The van der Waals surface area contributed by atoms with E-state index in [-0.39, 0.29) is 5.91 Å². The van der Waals surface area contributed by atoms with Crippen molar-refractivity contribution >= 4 is 28.6 Å². The Labute approximate surface area is 143 Å². The molecule has 1 aliphatic heterocycles. The van der Waals surface area contributed by atoms with Gasteiger partial charge in [0.2, 0.25) is 0 Å². The Hall–Kier alpha value is -3.13. The van der Waals surface area contributed by atoms with Gasteiger partial charge in [-0.25, -0.2) is 9.97 Å². The highest BCUT2D eigenvalue weighted by Crippen LogP contribution is 2.17. The van der Waals surface area contributed by atoms with Gasteiger partial charge in [-0.3, -0.25) is 14.8 Å². The van der Waals surface area contributed by atoms with Crippen LogP contribution in [0.3, 0.4) is 0 Å². The van der Waals surface area contributed by atoms with Crippen molar-refractivity contribution in [3.05, 3.63) is 48.5 Å². The summed E-state index contributed by atoms with van der Waals surface area (Å²) in [5.74, 6) is 0.984. The fraction of sp³-hybridized carbons (Fsp3) is 0.235. The SMILES string of the molecule is O=C(Nc1cc(N2CCOCC2)ncn1)c1ccc2nccnc2c1. The molecule has 0 saturated carbocycles. The molecule has 1 amide bonds. The number of benzene rings is 1. The van der Waals surface area contributed by atoms with Crippen LogP contribution in [0.25, 0.3) is 11.0 Å². The molecule has 2 aromatic heterocycles. The number of hydrogen-bond donors (Lipinski definition) is 1. The van der Waals surface area contributed by atoms with Gasteiger partial charge in [0.15, 0.2) is 0 Å². The highest BCUT2D eigenvalue weighted by molar-refractivity contribution is 6.05. The average Bonchev–Trinajstić information content (AvgIpc) is 2.68. The van der Waals surface area contributed by atoms with Crippen molar-refractivity contribution in [2.75, 3.05) is 36.5 Å². The van der Waals surface area contributed by atoms with Crippen LogP contribution in [0, 0.1) is 0 Å². The summed E-state index contributed by atoms with van der Waals surface area (Å²) in [6.45, 7) is 2.88. The molecule has 25 heavy (non-hydrogen) atoms. The number of morpholine rings is 1. The molecule has 0 aliphatic carbocycles. The zero-order valence-electron chi connectivity index (χ0n) is 13.4. The van der Waals surface area contributed by atoms with Crippen molar-refractivity contribution in [2.24, 2.45) is 0 Å². The Kier molecular flexibility index (Phi) is 4.17. The molecule has 1 aromatic carbocycles. The number of hydrogen-bond acceptors (Lipinski definition) is 7. The fourth-order valence-corrected chi connectivity index (χ4v) is 2.67. The molecule has 1 N–H and O–H groups in total. The van der Waals surface area contributed by atoms with E-state index in [2.05, 4.69) is 30.2 Å². The van der Waals surface area contributed by atoms with Gasteiger partial charge in [-0.15, -0.1) is 0 Å². The van der Waals surface area contributed by atoms with Crippen LogP contribution >= 0.6 is 0 Å². The number of anilines is 2. The summed E-state index contributed by atoms with van der Waals surface area (Å²) < 4.78 is 5.34. The second-order valence-electron chi connectivity index (χ2n) is 5.57. The molecule has 0 atom stereocenters. The topological polar surface area (TPSA) is 93.1 Å². The summed E-state index contributed by atoms with van der Waals surface area (Å²) in [6.07, 6.45) is 4.67. The first-order valence-corrected chi connectivity index (χ1v) is 7.96. The highest BCUT2D eigenvalue weighted by atomic mass is 16.5. The zero-order valence-corrected chi connectivity index (χ0v) is 13.4. The van der Waals surface area contributed by atoms with Crippen molar-refractivity contribution in [3.63, 3.8) is 0 Å². The van der Waals surface area contributed by atoms with Crippen LogP contribution < -0.4 is 10.2 Å². The minimum absolute atomic E-state index is 0.251. The van der Waals surface area contributed by atoms with E-state index in [4.69, 9.17) is 4.74 Å². The third-order valence-corrected chi connectivity index (χ3v) is 3.96. The monoisotopic (exact) mass is 336 g/mol. The number of amides is 1. The largest absolute Gasteiger partial charge is 0.378 e. The van der Waals surface area contributed by atoms with Gasteiger partial charge in [-0.1, -0.05) is 0 Å². The molecule has 0 bridgehead atoms. The number of ether oxygens (including phenoxy) is 1. The van der Waals surface area contributed by atoms with E-state index in [1.165, 1.54) is 6.33 Å². The Bertz CT molecular complexity index is 910. The Morgan fingerprint density at radius 1 is 1.00 bits per heavy atom. The van der Waals surface area contributed by atoms with Crippen molar-refractivity contribution in [2.45, 2.75) is 0 Å². The third kappa shape index (κ3) is 3.38. The first-order valence-electron chi connectivity index (χ1n) is 7.96. The van der Waals surface area contributed by atoms with Crippen molar-refractivity contribution < 1.29 is 9.53 Å². The number of nitrogens with zero attached hydrogens (tertiary/aromatic N) is 5. The number of aromatic nitrogens is 4. The van der Waals surface area contributed by atoms with E-state index in [1.807, 2.05) is 0 Å². The molecule has 3 heterocycles. The molecule has 1 saturated heterocycles. The van der Waals surface area contributed by atoms with Crippen LogP contribution in [-0.4, -0.2) is 52.1 Å². The normalized spacial score (nSPS) is 14.5. The van der Waals surface area contributed by atoms with Gasteiger partial charge in [0.05, 0.1) is 24.2 Å². The molecule has 0 unspecified atom stereocenters. The minimum atomic E-state index is -0.251. The first kappa shape index (κ1) is 15.4. The summed E-state index contributed by atoms with van der Waals surface area (Å²) >= 11 is 0. The maximum absolute atomic E-state index is 12.5. The zero-order chi connectivity index (χ0) is 17.1. The lowest BCUT2D eigenvalue weighted by Gasteiger charge is -2.27. The standard InChI is InChI=1S/C17H16N6O2/c24-17(12-1-2-13-14(9-12)19-4-3-18-13)22-15-10-16(21-11-20-15)23-5-7-25-8-6-23/h1-4,9-11H,5-8H2,(H,20,21,22,24). The van der Waals surface area contributed by atoms with Crippen LogP contribution in [0.4, 0.5) is 11.6 Å². The van der Waals surface area contributed by atoms with Gasteiger partial charge in [0.1, 0.15) is 18.0 Å². The van der Waals surface area contributed by atoms with E-state index in [1.54, 1.807) is 36.7 Å². The predicted molar refractivity (Wildman–Crippen MR) is 92.6 cm³/mol. The molecule has 1 aliphatic rings. The predicted octanol–water partition coefficient (Wildman–Crippen LogP) is 1.51. The van der Waals surface area contributed by atoms with Crippen LogP contribution in [0.5, 0.6) is 0 Å². The molecular formula is C17H16N6O2. The van der Waals surface area contributed by atoms with Gasteiger partial charge in [-0.2, -0.15) is 0 Å². The second kappa shape index (κ2) is 6.78. The number of carbonyl (C=O) groups excluding carboxylic acids is 1. The maximum atomic E-state index is 12.5. The highest BCUT2D eigenvalue weighted by Gasteiger charge is 2.14. The third-order valence-electron chi connectivity index (χ3n) is 3.96. The summed E-state index contributed by atoms with van der Waals surface area (Å²) in [6, 6.07) is 6.97. The molecule has 0 radical (unpaired) electrons. The summed E-state index contributed by atoms with van der Waals surface area (Å²) in [4.78, 5) is 31.4. The maximum Gasteiger partial charge on any atom is 0.256 e. The average molecular weight is 336 g/mol. The van der Waals surface area contributed by atoms with Crippen molar-refractivity contribution in [1.82, 2.24) is 19.9 Å². The Morgan fingerprint density at radius 3 is 2.64 bits per heavy atom. The van der Waals surface area contributed by atoms with Crippen molar-refractivity contribution in [3.8, 4) is 0 Å². The quantitative estimate of drug-likeness (QED) is 0.775. The lowest BCUT2D eigenvalue weighted by Crippen LogP contribution is -2.36. The van der Waals surface area contributed by atoms with Gasteiger partial charge >= 0.3 is 0 Å². The Balaban J connectivity index is 1.53. The number of rotatable bonds is 3. The Morgan fingerprint density at radius 2 is 1.80 bits per heavy atom. The van der Waals surface area contributed by atoms with E-state index in [0.717, 1.165) is 24.4 Å². The smallest absolute Gasteiger partial charge is 0.256 e. The number of nitrogens with one attached hydrogen (secondary N) is 1. The van der Waals surface area contributed by atoms with E-state index in [9.17, 15) is 4.79 Å². The summed E-state index contributed by atoms with van der Waals surface area (Å²) in [7, 11) is 0. The molecule has 4 rings (SSSR count). The molecule has 8 heteroatoms. The van der Waals surface area contributed by atoms with E-state index >= 15 is 0 Å². The van der Waals surface area contributed by atoms with Crippen LogP contribution in [-0.2, 0) is 4.74 Å². The van der Waals surface area contributed by atoms with Gasteiger partial charge < -0.3 is 15.0 Å². The lowest BCUT2D eigenvalue weighted by atomic mass is 10.2. The summed E-state index contributed by atoms with van der Waals surface area (Å²) in [5, 5.41) is 2.81. The van der Waals surface area contributed by atoms with Crippen molar-refractivity contribution in [1.29, 1.82) is 0 Å². The molecular weight excluding hydrogens is 320 g/mol. The minimum Gasteiger partial charge on any atom is -0.378 e. The van der Waals surface area contributed by atoms with E-state index in [0.29, 0.717) is 30.1 Å². The first-order chi connectivity index (χ1) is 12.3. The second-order valence-corrected chi connectivity index (χ2v) is 5.57. The van der Waals surface area contributed by atoms with Crippen LogP contribution in [0.15, 0.2) is 43.0 Å². The molecule has 1 fully saturated rings. The summed E-state index contributed by atoms with van der Waals surface area (Å²) in [5.41, 5.74) is 1.92. The lowest BCUT2D eigenvalue weighted by molar-refractivity contribution is 0.102. The fourth-order valence-electron chi connectivity index (χ4n) is 2.67. The van der Waals surface area contributed by atoms with Gasteiger partial charge in [-0.05, 0) is 18.2 Å². The number of carbonyl (C=O) groups is 1. The van der Waals surface area contributed by atoms with Crippen LogP contribution in [0.1, 0.15) is 10.4 Å². The molecule has 3 aromatic rings. The van der Waals surface area contributed by atoms with Gasteiger partial charge in [0.25, 0.3) is 5.91 Å². The molecule has 8 nitrogen and oxygen atoms in total. The molecule has 126 valence electrons. The van der Waals surface area contributed by atoms with E-state index < -0.39 is 0 Å². The molecule has 0 spiro atoms.